The van der Waals surface area contributed by atoms with Crippen molar-refractivity contribution >= 4 is 17.3 Å². The summed E-state index contributed by atoms with van der Waals surface area (Å²) >= 11 is 6.06. The minimum Gasteiger partial charge on any atom is -0.337 e. The summed E-state index contributed by atoms with van der Waals surface area (Å²) in [6.07, 6.45) is -4.72. The van der Waals surface area contributed by atoms with Crippen LogP contribution in [0.25, 0.3) is 11.1 Å². The van der Waals surface area contributed by atoms with Crippen LogP contribution in [0.5, 0.6) is 0 Å². The van der Waals surface area contributed by atoms with Gasteiger partial charge in [0.15, 0.2) is 0 Å². The number of rotatable bonds is 4. The van der Waals surface area contributed by atoms with Crippen molar-refractivity contribution in [3.05, 3.63) is 53.1 Å². The number of hydrogen-bond donors (Lipinski definition) is 4. The molecule has 0 aromatic heterocycles. The predicted octanol–water partition coefficient (Wildman–Crippen LogP) is 3.43. The van der Waals surface area contributed by atoms with Gasteiger partial charge in [-0.05, 0) is 56.5 Å². The van der Waals surface area contributed by atoms with Gasteiger partial charge in [-0.25, -0.2) is 0 Å². The Morgan fingerprint density at radius 3 is 2.19 bits per heavy atom. The molecule has 0 spiro atoms. The van der Waals surface area contributed by atoms with Crippen LogP contribution >= 0.6 is 11.6 Å². The van der Waals surface area contributed by atoms with Crippen molar-refractivity contribution in [2.75, 3.05) is 26.5 Å². The van der Waals surface area contributed by atoms with Crippen LogP contribution in [0.3, 0.4) is 0 Å². The van der Waals surface area contributed by atoms with E-state index in [-0.39, 0.29) is 5.69 Å². The van der Waals surface area contributed by atoms with E-state index >= 15 is 0 Å². The molecule has 1 heterocycles. The lowest BCUT2D eigenvalue weighted by Crippen LogP contribution is -2.72. The van der Waals surface area contributed by atoms with Gasteiger partial charge in [-0.1, -0.05) is 29.8 Å². The van der Waals surface area contributed by atoms with Gasteiger partial charge >= 0.3 is 6.18 Å². The van der Waals surface area contributed by atoms with Crippen molar-refractivity contribution in [2.45, 2.75) is 17.9 Å². The van der Waals surface area contributed by atoms with Crippen LogP contribution in [0, 0.1) is 0 Å². The van der Waals surface area contributed by atoms with E-state index in [0.717, 1.165) is 11.1 Å². The maximum atomic E-state index is 13.8. The first-order chi connectivity index (χ1) is 12.7. The summed E-state index contributed by atoms with van der Waals surface area (Å²) in [6.45, 7) is 0. The fourth-order valence-corrected chi connectivity index (χ4v) is 3.36. The number of alkyl halides is 3. The highest BCUT2D eigenvalue weighted by atomic mass is 35.5. The highest BCUT2D eigenvalue weighted by Gasteiger charge is 2.62. The second kappa shape index (κ2) is 6.96. The van der Waals surface area contributed by atoms with E-state index in [1.165, 1.54) is 21.1 Å². The largest absolute Gasteiger partial charge is 0.452 e. The Morgan fingerprint density at radius 1 is 0.963 bits per heavy atom. The molecule has 0 amide bonds. The van der Waals surface area contributed by atoms with E-state index < -0.39 is 17.9 Å². The first-order valence-corrected chi connectivity index (χ1v) is 8.60. The molecule has 0 aliphatic carbocycles. The third kappa shape index (κ3) is 3.28. The molecule has 3 rings (SSSR count). The molecule has 0 saturated carbocycles. The molecule has 1 aliphatic rings. The summed E-state index contributed by atoms with van der Waals surface area (Å²) < 4.78 is 46.8. The monoisotopic (exact) mass is 400 g/mol. The molecule has 0 saturated heterocycles. The molecule has 2 aromatic rings. The number of ether oxygens (including phenoxy) is 1. The summed E-state index contributed by atoms with van der Waals surface area (Å²) in [7, 11) is 4.23. The molecule has 9 heteroatoms. The second-order valence-electron chi connectivity index (χ2n) is 6.11. The van der Waals surface area contributed by atoms with Crippen LogP contribution < -0.4 is 21.3 Å². The van der Waals surface area contributed by atoms with Crippen LogP contribution in [0.4, 0.5) is 18.9 Å². The van der Waals surface area contributed by atoms with Gasteiger partial charge < -0.3 is 5.32 Å². The Morgan fingerprint density at radius 2 is 1.63 bits per heavy atom. The fraction of sp³-hybridized carbons (Fsp3) is 0.333. The predicted molar refractivity (Wildman–Crippen MR) is 99.2 cm³/mol. The van der Waals surface area contributed by atoms with E-state index in [9.17, 15) is 13.2 Å². The van der Waals surface area contributed by atoms with Crippen molar-refractivity contribution in [3.8, 4) is 11.1 Å². The summed E-state index contributed by atoms with van der Waals surface area (Å²) in [5, 5.41) is 10.9. The molecule has 0 bridgehead atoms. The normalized spacial score (nSPS) is 21.4. The molecule has 1 aliphatic heterocycles. The quantitative estimate of drug-likeness (QED) is 0.592. The van der Waals surface area contributed by atoms with Gasteiger partial charge in [-0.3, -0.25) is 20.7 Å². The molecule has 5 nitrogen and oxygen atoms in total. The molecule has 1 unspecified atom stereocenters. The Bertz CT molecular complexity index is 842. The molecule has 146 valence electrons. The molecular formula is C18H20ClF3N4O. The molecule has 4 N–H and O–H groups in total. The van der Waals surface area contributed by atoms with Crippen LogP contribution in [0.2, 0.25) is 5.02 Å². The number of halogens is 4. The van der Waals surface area contributed by atoms with Crippen molar-refractivity contribution in [2.24, 2.45) is 0 Å². The van der Waals surface area contributed by atoms with E-state index in [1.54, 1.807) is 30.3 Å². The topological polar surface area (TPSA) is 57.4 Å². The smallest absolute Gasteiger partial charge is 0.337 e. The third-order valence-corrected chi connectivity index (χ3v) is 4.86. The molecule has 0 radical (unpaired) electrons. The van der Waals surface area contributed by atoms with Crippen molar-refractivity contribution in [3.63, 3.8) is 0 Å². The van der Waals surface area contributed by atoms with E-state index in [1.807, 2.05) is 12.1 Å². The average molecular weight is 401 g/mol. The summed E-state index contributed by atoms with van der Waals surface area (Å²) in [6, 6.07) is 12.3. The van der Waals surface area contributed by atoms with Crippen LogP contribution in [0.1, 0.15) is 5.56 Å². The number of nitrogens with one attached hydrogen (secondary N) is 4. The van der Waals surface area contributed by atoms with Gasteiger partial charge in [0.05, 0.1) is 0 Å². The van der Waals surface area contributed by atoms with E-state index in [4.69, 9.17) is 16.3 Å². The maximum Gasteiger partial charge on any atom is 0.452 e. The van der Waals surface area contributed by atoms with Gasteiger partial charge in [0.2, 0.25) is 5.85 Å². The highest BCUT2D eigenvalue weighted by molar-refractivity contribution is 6.30. The Kier molecular flexibility index (Phi) is 5.13. The minimum absolute atomic E-state index is 0.280. The second-order valence-corrected chi connectivity index (χ2v) is 6.54. The number of anilines is 1. The van der Waals surface area contributed by atoms with Gasteiger partial charge in [-0.2, -0.15) is 13.2 Å². The Hall–Kier alpha value is -1.84. The first kappa shape index (κ1) is 19.9. The zero-order chi connectivity index (χ0) is 19.9. The average Bonchev–Trinajstić information content (AvgIpc) is 2.65. The van der Waals surface area contributed by atoms with E-state index in [0.29, 0.717) is 10.6 Å². The zero-order valence-corrected chi connectivity index (χ0v) is 15.7. The zero-order valence-electron chi connectivity index (χ0n) is 15.0. The molecule has 0 fully saturated rings. The van der Waals surface area contributed by atoms with E-state index in [2.05, 4.69) is 21.3 Å². The fourth-order valence-electron chi connectivity index (χ4n) is 3.17. The summed E-state index contributed by atoms with van der Waals surface area (Å²) in [4.78, 5) is 0. The van der Waals surface area contributed by atoms with Crippen LogP contribution in [-0.4, -0.2) is 33.2 Å². The van der Waals surface area contributed by atoms with Gasteiger partial charge in [0.1, 0.15) is 0 Å². The number of benzene rings is 2. The van der Waals surface area contributed by atoms with Crippen molar-refractivity contribution < 1.29 is 17.9 Å². The van der Waals surface area contributed by atoms with Crippen molar-refractivity contribution in [1.82, 2.24) is 16.0 Å². The minimum atomic E-state index is -4.72. The summed E-state index contributed by atoms with van der Waals surface area (Å²) in [5.41, 5.74) is 2.40. The maximum absolute atomic E-state index is 13.8. The molecule has 1 atom stereocenters. The van der Waals surface area contributed by atoms with Crippen molar-refractivity contribution in [1.29, 1.82) is 0 Å². The lowest BCUT2D eigenvalue weighted by Gasteiger charge is -2.49. The Labute approximate surface area is 160 Å². The number of fused-ring (bicyclic) bond motifs is 1. The lowest BCUT2D eigenvalue weighted by atomic mass is 9.97. The molecular weight excluding hydrogens is 381 g/mol. The van der Waals surface area contributed by atoms with Crippen LogP contribution in [-0.2, 0) is 10.6 Å². The van der Waals surface area contributed by atoms with Gasteiger partial charge in [0.25, 0.3) is 5.85 Å². The number of hydrogen-bond acceptors (Lipinski definition) is 5. The third-order valence-electron chi connectivity index (χ3n) is 4.63. The highest BCUT2D eigenvalue weighted by Crippen LogP contribution is 2.44. The summed E-state index contributed by atoms with van der Waals surface area (Å²) in [5.74, 6) is -4.34. The van der Waals surface area contributed by atoms with Crippen LogP contribution in [0.15, 0.2) is 42.5 Å². The molecule has 2 aromatic carbocycles. The SMILES string of the molecule is CNC1(NC)OC(NC)(C(F)(F)F)Nc2ccc(-c3cccc(Cl)c3)cc21. The van der Waals surface area contributed by atoms with Gasteiger partial charge in [0, 0.05) is 16.3 Å². The standard InChI is InChI=1S/C18H20ClF3N4O/c1-23-16(24-2)14-10-12(11-5-4-6-13(19)9-11)7-8-15(14)26-18(25-3,27-16)17(20,21)22/h4-10,23-26H,1-3H3. The lowest BCUT2D eigenvalue weighted by molar-refractivity contribution is -0.326. The first-order valence-electron chi connectivity index (χ1n) is 8.22. The Balaban J connectivity index is 2.17. The molecule has 27 heavy (non-hydrogen) atoms. The van der Waals surface area contributed by atoms with Gasteiger partial charge in [-0.15, -0.1) is 0 Å².